The summed E-state index contributed by atoms with van der Waals surface area (Å²) in [6, 6.07) is 5.78. The lowest BCUT2D eigenvalue weighted by atomic mass is 10.0. The van der Waals surface area contributed by atoms with Gasteiger partial charge in [-0.15, -0.1) is 0 Å². The van der Waals surface area contributed by atoms with Gasteiger partial charge in [0, 0.05) is 31.5 Å². The molecule has 1 aromatic carbocycles. The number of hydrogen-bond donors (Lipinski definition) is 2. The monoisotopic (exact) mass is 262 g/mol. The molecule has 0 saturated carbocycles. The van der Waals surface area contributed by atoms with E-state index in [0.29, 0.717) is 5.92 Å². The van der Waals surface area contributed by atoms with Crippen molar-refractivity contribution < 1.29 is 9.53 Å². The van der Waals surface area contributed by atoms with Gasteiger partial charge in [-0.2, -0.15) is 0 Å². The molecule has 1 fully saturated rings. The van der Waals surface area contributed by atoms with Crippen LogP contribution in [-0.2, 0) is 4.74 Å². The SMILES string of the molecule is CNC(=O)c1cccc(NCC2CCCOC2)c1C. The lowest BCUT2D eigenvalue weighted by Crippen LogP contribution is -2.25. The lowest BCUT2D eigenvalue weighted by Gasteiger charge is -2.23. The highest BCUT2D eigenvalue weighted by Crippen LogP contribution is 2.21. The van der Waals surface area contributed by atoms with Crippen molar-refractivity contribution in [2.24, 2.45) is 5.92 Å². The summed E-state index contributed by atoms with van der Waals surface area (Å²) in [6.07, 6.45) is 2.35. The van der Waals surface area contributed by atoms with Crippen LogP contribution in [-0.4, -0.2) is 32.7 Å². The van der Waals surface area contributed by atoms with Crippen LogP contribution < -0.4 is 10.6 Å². The molecule has 0 aromatic heterocycles. The van der Waals surface area contributed by atoms with E-state index in [1.165, 1.54) is 6.42 Å². The van der Waals surface area contributed by atoms with Gasteiger partial charge in [-0.3, -0.25) is 4.79 Å². The number of hydrogen-bond acceptors (Lipinski definition) is 3. The number of carbonyl (C=O) groups is 1. The first-order valence-corrected chi connectivity index (χ1v) is 6.85. The minimum absolute atomic E-state index is 0.0397. The van der Waals surface area contributed by atoms with Crippen LogP contribution in [0.1, 0.15) is 28.8 Å². The summed E-state index contributed by atoms with van der Waals surface area (Å²) in [6.45, 7) is 4.60. The fraction of sp³-hybridized carbons (Fsp3) is 0.533. The Morgan fingerprint density at radius 2 is 2.32 bits per heavy atom. The Bertz CT molecular complexity index is 440. The topological polar surface area (TPSA) is 50.4 Å². The molecule has 1 amide bonds. The van der Waals surface area contributed by atoms with Crippen molar-refractivity contribution in [1.82, 2.24) is 5.32 Å². The largest absolute Gasteiger partial charge is 0.384 e. The number of benzene rings is 1. The van der Waals surface area contributed by atoms with Crippen LogP contribution >= 0.6 is 0 Å². The first-order valence-electron chi connectivity index (χ1n) is 6.85. The second kappa shape index (κ2) is 6.57. The Balaban J connectivity index is 2.01. The van der Waals surface area contributed by atoms with Crippen molar-refractivity contribution in [3.8, 4) is 0 Å². The van der Waals surface area contributed by atoms with Crippen molar-refractivity contribution in [2.75, 3.05) is 32.1 Å². The maximum absolute atomic E-state index is 11.7. The van der Waals surface area contributed by atoms with Crippen LogP contribution in [0.25, 0.3) is 0 Å². The molecule has 104 valence electrons. The summed E-state index contributed by atoms with van der Waals surface area (Å²) in [5, 5.41) is 6.11. The Morgan fingerprint density at radius 3 is 3.00 bits per heavy atom. The second-order valence-corrected chi connectivity index (χ2v) is 5.02. The minimum atomic E-state index is -0.0397. The Morgan fingerprint density at radius 1 is 1.47 bits per heavy atom. The zero-order valence-corrected chi connectivity index (χ0v) is 11.7. The second-order valence-electron chi connectivity index (χ2n) is 5.02. The van der Waals surface area contributed by atoms with E-state index in [-0.39, 0.29) is 5.91 Å². The third kappa shape index (κ3) is 3.47. The molecule has 1 aliphatic rings. The van der Waals surface area contributed by atoms with Gasteiger partial charge in [0.05, 0.1) is 6.61 Å². The molecule has 1 aliphatic heterocycles. The summed E-state index contributed by atoms with van der Waals surface area (Å²) in [4.78, 5) is 11.7. The number of nitrogens with one attached hydrogen (secondary N) is 2. The highest BCUT2D eigenvalue weighted by atomic mass is 16.5. The fourth-order valence-corrected chi connectivity index (χ4v) is 2.43. The van der Waals surface area contributed by atoms with Crippen LogP contribution in [0.15, 0.2) is 18.2 Å². The quantitative estimate of drug-likeness (QED) is 0.874. The van der Waals surface area contributed by atoms with Crippen molar-refractivity contribution in [1.29, 1.82) is 0 Å². The molecular weight excluding hydrogens is 240 g/mol. The van der Waals surface area contributed by atoms with Crippen LogP contribution in [0.3, 0.4) is 0 Å². The van der Waals surface area contributed by atoms with Crippen LogP contribution in [0.5, 0.6) is 0 Å². The molecule has 1 atom stereocenters. The average molecular weight is 262 g/mol. The summed E-state index contributed by atoms with van der Waals surface area (Å²) < 4.78 is 5.48. The van der Waals surface area contributed by atoms with Crippen LogP contribution in [0.2, 0.25) is 0 Å². The summed E-state index contributed by atoms with van der Waals surface area (Å²) in [7, 11) is 1.65. The van der Waals surface area contributed by atoms with E-state index < -0.39 is 0 Å². The number of carbonyl (C=O) groups excluding carboxylic acids is 1. The molecule has 1 heterocycles. The number of amides is 1. The Hall–Kier alpha value is -1.55. The van der Waals surface area contributed by atoms with Gasteiger partial charge in [0.25, 0.3) is 5.91 Å². The normalized spacial score (nSPS) is 18.9. The molecule has 2 rings (SSSR count). The maximum Gasteiger partial charge on any atom is 0.251 e. The van der Waals surface area contributed by atoms with E-state index in [1.54, 1.807) is 7.05 Å². The number of anilines is 1. The minimum Gasteiger partial charge on any atom is -0.384 e. The van der Waals surface area contributed by atoms with Gasteiger partial charge >= 0.3 is 0 Å². The molecule has 0 radical (unpaired) electrons. The average Bonchev–Trinajstić information content (AvgIpc) is 2.46. The number of rotatable bonds is 4. The van der Waals surface area contributed by atoms with Crippen molar-refractivity contribution >= 4 is 11.6 Å². The zero-order valence-electron chi connectivity index (χ0n) is 11.7. The third-order valence-corrected chi connectivity index (χ3v) is 3.64. The van der Waals surface area contributed by atoms with Gasteiger partial charge in [-0.05, 0) is 43.4 Å². The lowest BCUT2D eigenvalue weighted by molar-refractivity contribution is 0.0595. The van der Waals surface area contributed by atoms with E-state index >= 15 is 0 Å². The van der Waals surface area contributed by atoms with Crippen molar-refractivity contribution in [3.05, 3.63) is 29.3 Å². The van der Waals surface area contributed by atoms with Gasteiger partial charge in [0.1, 0.15) is 0 Å². The van der Waals surface area contributed by atoms with Crippen molar-refractivity contribution in [3.63, 3.8) is 0 Å². The van der Waals surface area contributed by atoms with Gasteiger partial charge in [-0.1, -0.05) is 6.07 Å². The molecule has 1 aromatic rings. The van der Waals surface area contributed by atoms with Crippen molar-refractivity contribution in [2.45, 2.75) is 19.8 Å². The Labute approximate surface area is 114 Å². The predicted octanol–water partition coefficient (Wildman–Crippen LogP) is 2.19. The van der Waals surface area contributed by atoms with E-state index in [2.05, 4.69) is 10.6 Å². The van der Waals surface area contributed by atoms with E-state index in [1.807, 2.05) is 25.1 Å². The summed E-state index contributed by atoms with van der Waals surface area (Å²) in [5.41, 5.74) is 2.76. The first-order chi connectivity index (χ1) is 9.22. The molecule has 0 spiro atoms. The molecule has 4 heteroatoms. The zero-order chi connectivity index (χ0) is 13.7. The molecule has 4 nitrogen and oxygen atoms in total. The smallest absolute Gasteiger partial charge is 0.251 e. The van der Waals surface area contributed by atoms with Gasteiger partial charge < -0.3 is 15.4 Å². The molecule has 1 unspecified atom stereocenters. The van der Waals surface area contributed by atoms with E-state index in [9.17, 15) is 4.79 Å². The highest BCUT2D eigenvalue weighted by molar-refractivity contribution is 5.96. The number of ether oxygens (including phenoxy) is 1. The molecule has 0 aliphatic carbocycles. The summed E-state index contributed by atoms with van der Waals surface area (Å²) >= 11 is 0. The first kappa shape index (κ1) is 13.9. The predicted molar refractivity (Wildman–Crippen MR) is 76.6 cm³/mol. The van der Waals surface area contributed by atoms with Gasteiger partial charge in [0.15, 0.2) is 0 Å². The molecular formula is C15H22N2O2. The standard InChI is InChI=1S/C15H22N2O2/c1-11-13(15(18)16-2)6-3-7-14(11)17-9-12-5-4-8-19-10-12/h3,6-7,12,17H,4-5,8-10H2,1-2H3,(H,16,18). The van der Waals surface area contributed by atoms with E-state index in [4.69, 9.17) is 4.74 Å². The summed E-state index contributed by atoms with van der Waals surface area (Å²) in [5.74, 6) is 0.527. The molecule has 1 saturated heterocycles. The molecule has 2 N–H and O–H groups in total. The molecule has 19 heavy (non-hydrogen) atoms. The van der Waals surface area contributed by atoms with E-state index in [0.717, 1.165) is 43.0 Å². The highest BCUT2D eigenvalue weighted by Gasteiger charge is 2.15. The third-order valence-electron chi connectivity index (χ3n) is 3.64. The van der Waals surface area contributed by atoms with Gasteiger partial charge in [-0.25, -0.2) is 0 Å². The van der Waals surface area contributed by atoms with Crippen LogP contribution in [0, 0.1) is 12.8 Å². The van der Waals surface area contributed by atoms with Crippen LogP contribution in [0.4, 0.5) is 5.69 Å². The fourth-order valence-electron chi connectivity index (χ4n) is 2.43. The maximum atomic E-state index is 11.7. The Kier molecular flexibility index (Phi) is 4.80. The van der Waals surface area contributed by atoms with Gasteiger partial charge in [0.2, 0.25) is 0 Å². The molecule has 0 bridgehead atoms.